The molecule has 1 saturated heterocycles. The maximum Gasteiger partial charge on any atom is 0.221 e. The van der Waals surface area contributed by atoms with Gasteiger partial charge in [0.25, 0.3) is 0 Å². The number of rotatable bonds is 7. The number of hydrogen-bond acceptors (Lipinski definition) is 3. The third-order valence-corrected chi connectivity index (χ3v) is 3.45. The predicted molar refractivity (Wildman–Crippen MR) is 71.0 cm³/mol. The second-order valence-electron chi connectivity index (χ2n) is 4.79. The lowest BCUT2D eigenvalue weighted by molar-refractivity contribution is -0.121. The normalized spacial score (nSPS) is 17.4. The summed E-state index contributed by atoms with van der Waals surface area (Å²) in [7, 11) is 0. The van der Waals surface area contributed by atoms with Gasteiger partial charge >= 0.3 is 0 Å². The standard InChI is InChI=1S/C13H27N3O/c1-3-15-13(17)7-10-16(4-2)11-12-5-8-14-9-6-12/h12,14H,3-11H2,1-2H3,(H,15,17). The first kappa shape index (κ1) is 14.5. The molecular formula is C13H27N3O. The first-order valence-corrected chi connectivity index (χ1v) is 6.96. The van der Waals surface area contributed by atoms with E-state index < -0.39 is 0 Å². The summed E-state index contributed by atoms with van der Waals surface area (Å²) in [6.45, 7) is 10.3. The lowest BCUT2D eigenvalue weighted by Gasteiger charge is -2.29. The van der Waals surface area contributed by atoms with Crippen molar-refractivity contribution < 1.29 is 4.79 Å². The van der Waals surface area contributed by atoms with Crippen LogP contribution in [0.1, 0.15) is 33.1 Å². The Morgan fingerprint density at radius 3 is 2.65 bits per heavy atom. The van der Waals surface area contributed by atoms with Crippen molar-refractivity contribution in [3.05, 3.63) is 0 Å². The molecule has 1 amide bonds. The van der Waals surface area contributed by atoms with Crippen molar-refractivity contribution in [3.8, 4) is 0 Å². The second kappa shape index (κ2) is 8.48. The molecule has 0 atom stereocenters. The Labute approximate surface area is 105 Å². The van der Waals surface area contributed by atoms with Crippen LogP contribution in [-0.4, -0.2) is 50.1 Å². The maximum absolute atomic E-state index is 11.4. The van der Waals surface area contributed by atoms with Gasteiger partial charge in [0.1, 0.15) is 0 Å². The van der Waals surface area contributed by atoms with Crippen molar-refractivity contribution in [1.29, 1.82) is 0 Å². The van der Waals surface area contributed by atoms with Crippen LogP contribution < -0.4 is 10.6 Å². The van der Waals surface area contributed by atoms with E-state index in [-0.39, 0.29) is 5.91 Å². The molecule has 0 aromatic rings. The van der Waals surface area contributed by atoms with E-state index in [4.69, 9.17) is 0 Å². The molecule has 17 heavy (non-hydrogen) atoms. The first-order valence-electron chi connectivity index (χ1n) is 6.96. The minimum absolute atomic E-state index is 0.177. The monoisotopic (exact) mass is 241 g/mol. The van der Waals surface area contributed by atoms with Crippen molar-refractivity contribution in [2.75, 3.05) is 39.3 Å². The summed E-state index contributed by atoms with van der Waals surface area (Å²) in [6.07, 6.45) is 3.18. The van der Waals surface area contributed by atoms with Gasteiger partial charge in [-0.25, -0.2) is 0 Å². The zero-order valence-electron chi connectivity index (χ0n) is 11.3. The summed E-state index contributed by atoms with van der Waals surface area (Å²) in [5.41, 5.74) is 0. The summed E-state index contributed by atoms with van der Waals surface area (Å²) in [5, 5.41) is 6.24. The van der Waals surface area contributed by atoms with Gasteiger partial charge in [-0.3, -0.25) is 4.79 Å². The smallest absolute Gasteiger partial charge is 0.221 e. The Hall–Kier alpha value is -0.610. The van der Waals surface area contributed by atoms with Crippen molar-refractivity contribution in [1.82, 2.24) is 15.5 Å². The van der Waals surface area contributed by atoms with Crippen molar-refractivity contribution in [2.24, 2.45) is 5.92 Å². The SMILES string of the molecule is CCNC(=O)CCN(CC)CC1CCNCC1. The van der Waals surface area contributed by atoms with Gasteiger partial charge in [-0.15, -0.1) is 0 Å². The van der Waals surface area contributed by atoms with E-state index in [1.54, 1.807) is 0 Å². The van der Waals surface area contributed by atoms with Crippen LogP contribution in [0.2, 0.25) is 0 Å². The molecule has 4 nitrogen and oxygen atoms in total. The fraction of sp³-hybridized carbons (Fsp3) is 0.923. The number of carbonyl (C=O) groups excluding carboxylic acids is 1. The highest BCUT2D eigenvalue weighted by Gasteiger charge is 2.16. The third-order valence-electron chi connectivity index (χ3n) is 3.45. The quantitative estimate of drug-likeness (QED) is 0.694. The highest BCUT2D eigenvalue weighted by Crippen LogP contribution is 2.13. The zero-order valence-corrected chi connectivity index (χ0v) is 11.3. The highest BCUT2D eigenvalue weighted by molar-refractivity contribution is 5.75. The first-order chi connectivity index (χ1) is 8.26. The van der Waals surface area contributed by atoms with E-state index in [0.717, 1.165) is 45.2 Å². The van der Waals surface area contributed by atoms with Gasteiger partial charge < -0.3 is 15.5 Å². The molecular weight excluding hydrogens is 214 g/mol. The van der Waals surface area contributed by atoms with Crippen LogP contribution in [0.4, 0.5) is 0 Å². The summed E-state index contributed by atoms with van der Waals surface area (Å²) in [4.78, 5) is 13.8. The molecule has 1 fully saturated rings. The number of nitrogens with zero attached hydrogens (tertiary/aromatic N) is 1. The van der Waals surface area contributed by atoms with Crippen LogP contribution in [0, 0.1) is 5.92 Å². The average molecular weight is 241 g/mol. The molecule has 0 aliphatic carbocycles. The zero-order chi connectivity index (χ0) is 12.5. The van der Waals surface area contributed by atoms with Crippen LogP contribution in [0.3, 0.4) is 0 Å². The highest BCUT2D eigenvalue weighted by atomic mass is 16.1. The van der Waals surface area contributed by atoms with Crippen molar-refractivity contribution in [3.63, 3.8) is 0 Å². The van der Waals surface area contributed by atoms with Gasteiger partial charge in [-0.1, -0.05) is 6.92 Å². The molecule has 4 heteroatoms. The van der Waals surface area contributed by atoms with Crippen LogP contribution in [-0.2, 0) is 4.79 Å². The Morgan fingerprint density at radius 2 is 2.06 bits per heavy atom. The fourth-order valence-corrected chi connectivity index (χ4v) is 2.35. The summed E-state index contributed by atoms with van der Waals surface area (Å²) < 4.78 is 0. The number of hydrogen-bond donors (Lipinski definition) is 2. The molecule has 1 rings (SSSR count). The summed E-state index contributed by atoms with van der Waals surface area (Å²) in [6, 6.07) is 0. The van der Waals surface area contributed by atoms with Gasteiger partial charge in [-0.2, -0.15) is 0 Å². The fourth-order valence-electron chi connectivity index (χ4n) is 2.35. The molecule has 0 unspecified atom stereocenters. The Bertz CT molecular complexity index is 215. The maximum atomic E-state index is 11.4. The number of piperidine rings is 1. The van der Waals surface area contributed by atoms with Gasteiger partial charge in [0.2, 0.25) is 5.91 Å². The van der Waals surface area contributed by atoms with Gasteiger partial charge in [0, 0.05) is 26.1 Å². The molecule has 0 radical (unpaired) electrons. The molecule has 1 aliphatic rings. The van der Waals surface area contributed by atoms with E-state index in [1.165, 1.54) is 12.8 Å². The van der Waals surface area contributed by atoms with Crippen LogP contribution in [0.5, 0.6) is 0 Å². The summed E-state index contributed by atoms with van der Waals surface area (Å²) >= 11 is 0. The lowest BCUT2D eigenvalue weighted by atomic mass is 9.97. The largest absolute Gasteiger partial charge is 0.356 e. The minimum atomic E-state index is 0.177. The van der Waals surface area contributed by atoms with E-state index in [0.29, 0.717) is 6.42 Å². The van der Waals surface area contributed by atoms with Gasteiger partial charge in [-0.05, 0) is 45.3 Å². The predicted octanol–water partition coefficient (Wildman–Crippen LogP) is 0.834. The van der Waals surface area contributed by atoms with Crippen LogP contribution >= 0.6 is 0 Å². The molecule has 100 valence electrons. The second-order valence-corrected chi connectivity index (χ2v) is 4.79. The molecule has 0 spiro atoms. The van der Waals surface area contributed by atoms with E-state index in [1.807, 2.05) is 6.92 Å². The van der Waals surface area contributed by atoms with E-state index >= 15 is 0 Å². The molecule has 1 heterocycles. The number of amides is 1. The molecule has 0 aromatic carbocycles. The third kappa shape index (κ3) is 6.03. The molecule has 2 N–H and O–H groups in total. The van der Waals surface area contributed by atoms with Crippen LogP contribution in [0.25, 0.3) is 0 Å². The Morgan fingerprint density at radius 1 is 1.35 bits per heavy atom. The topological polar surface area (TPSA) is 44.4 Å². The van der Waals surface area contributed by atoms with Crippen molar-refractivity contribution in [2.45, 2.75) is 33.1 Å². The lowest BCUT2D eigenvalue weighted by Crippen LogP contribution is -2.38. The van der Waals surface area contributed by atoms with E-state index in [9.17, 15) is 4.79 Å². The molecule has 0 saturated carbocycles. The molecule has 0 aromatic heterocycles. The minimum Gasteiger partial charge on any atom is -0.356 e. The Kier molecular flexibility index (Phi) is 7.21. The average Bonchev–Trinajstić information content (AvgIpc) is 2.36. The molecule has 1 aliphatic heterocycles. The van der Waals surface area contributed by atoms with Crippen LogP contribution in [0.15, 0.2) is 0 Å². The molecule has 0 bridgehead atoms. The van der Waals surface area contributed by atoms with Gasteiger partial charge in [0.05, 0.1) is 0 Å². The van der Waals surface area contributed by atoms with Gasteiger partial charge in [0.15, 0.2) is 0 Å². The summed E-state index contributed by atoms with van der Waals surface area (Å²) in [5.74, 6) is 0.988. The number of carbonyl (C=O) groups is 1. The van der Waals surface area contributed by atoms with Crippen molar-refractivity contribution >= 4 is 5.91 Å². The number of nitrogens with one attached hydrogen (secondary N) is 2. The Balaban J connectivity index is 2.20. The van der Waals surface area contributed by atoms with E-state index in [2.05, 4.69) is 22.5 Å².